The highest BCUT2D eigenvalue weighted by Gasteiger charge is 2.34. The lowest BCUT2D eigenvalue weighted by Crippen LogP contribution is -2.30. The van der Waals surface area contributed by atoms with Gasteiger partial charge in [-0.2, -0.15) is 13.9 Å². The van der Waals surface area contributed by atoms with E-state index >= 15 is 0 Å². The Labute approximate surface area is 227 Å². The van der Waals surface area contributed by atoms with E-state index in [2.05, 4.69) is 19.8 Å². The first-order valence-corrected chi connectivity index (χ1v) is 14.0. The van der Waals surface area contributed by atoms with Crippen molar-refractivity contribution in [2.75, 3.05) is 29.6 Å². The van der Waals surface area contributed by atoms with Gasteiger partial charge < -0.3 is 15.3 Å². The first-order valence-electron chi connectivity index (χ1n) is 12.1. The quantitative estimate of drug-likeness (QED) is 0.359. The van der Waals surface area contributed by atoms with Gasteiger partial charge in [-0.25, -0.2) is 27.5 Å². The maximum Gasteiger partial charge on any atom is 0.439 e. The largest absolute Gasteiger partial charge is 0.463 e. The van der Waals surface area contributed by atoms with Crippen LogP contribution in [-0.2, 0) is 9.73 Å². The van der Waals surface area contributed by atoms with Crippen LogP contribution in [0.1, 0.15) is 41.7 Å². The summed E-state index contributed by atoms with van der Waals surface area (Å²) in [5, 5.41) is 15.2. The molecular formula is C25H26F4N6O4S. The number of anilines is 2. The molecule has 0 bridgehead atoms. The molecule has 0 spiro atoms. The number of carbonyl (C=O) groups is 2. The van der Waals surface area contributed by atoms with Crippen LogP contribution >= 0.6 is 0 Å². The van der Waals surface area contributed by atoms with E-state index in [0.717, 1.165) is 12.5 Å². The van der Waals surface area contributed by atoms with Gasteiger partial charge in [0.25, 0.3) is 5.91 Å². The van der Waals surface area contributed by atoms with Crippen molar-refractivity contribution in [2.45, 2.75) is 43.6 Å². The van der Waals surface area contributed by atoms with Crippen molar-refractivity contribution in [3.05, 3.63) is 54.0 Å². The maximum absolute atomic E-state index is 14.1. The second-order valence-electron chi connectivity index (χ2n) is 9.34. The predicted molar refractivity (Wildman–Crippen MR) is 140 cm³/mol. The summed E-state index contributed by atoms with van der Waals surface area (Å²) in [5.41, 5.74) is 1.16. The first-order chi connectivity index (χ1) is 18.8. The number of rotatable bonds is 6. The number of amides is 2. The van der Waals surface area contributed by atoms with Crippen LogP contribution in [0.3, 0.4) is 0 Å². The lowest BCUT2D eigenvalue weighted by Gasteiger charge is -2.26. The van der Waals surface area contributed by atoms with Gasteiger partial charge in [0.1, 0.15) is 5.82 Å². The van der Waals surface area contributed by atoms with Crippen LogP contribution in [0.4, 0.5) is 33.9 Å². The Balaban J connectivity index is 1.77. The van der Waals surface area contributed by atoms with E-state index in [-0.39, 0.29) is 53.5 Å². The summed E-state index contributed by atoms with van der Waals surface area (Å²) in [7, 11) is -3.32. The average molecular weight is 583 g/mol. The van der Waals surface area contributed by atoms with Gasteiger partial charge in [-0.3, -0.25) is 4.79 Å². The molecule has 214 valence electrons. The number of nitrogens with zero attached hydrogens (tertiary/aromatic N) is 5. The molecule has 2 amide bonds. The van der Waals surface area contributed by atoms with E-state index in [1.54, 1.807) is 11.8 Å². The van der Waals surface area contributed by atoms with Crippen LogP contribution in [0.2, 0.25) is 0 Å². The number of halogens is 4. The number of pyridine rings is 1. The zero-order valence-corrected chi connectivity index (χ0v) is 22.3. The van der Waals surface area contributed by atoms with E-state index in [0.29, 0.717) is 15.8 Å². The van der Waals surface area contributed by atoms with Crippen LogP contribution in [0.15, 0.2) is 52.1 Å². The van der Waals surface area contributed by atoms with Crippen LogP contribution in [0, 0.1) is 6.92 Å². The number of aromatic nitrogens is 3. The number of carbonyl (C=O) groups excluding carboxylic acids is 1. The first kappa shape index (κ1) is 29.0. The number of nitrogens with one attached hydrogen (secondary N) is 1. The van der Waals surface area contributed by atoms with E-state index in [9.17, 15) is 31.4 Å². The second-order valence-corrected chi connectivity index (χ2v) is 11.6. The summed E-state index contributed by atoms with van der Waals surface area (Å²) in [6, 6.07) is 5.67. The van der Waals surface area contributed by atoms with Crippen LogP contribution in [0.25, 0.3) is 11.1 Å². The number of carboxylic acid groups (broad SMARTS) is 1. The Morgan fingerprint density at radius 3 is 2.62 bits per heavy atom. The molecule has 1 fully saturated rings. The van der Waals surface area contributed by atoms with Gasteiger partial charge in [-0.1, -0.05) is 6.07 Å². The molecule has 4 rings (SSSR count). The Morgan fingerprint density at radius 2 is 1.95 bits per heavy atom. The zero-order valence-electron chi connectivity index (χ0n) is 21.5. The third-order valence-corrected chi connectivity index (χ3v) is 8.09. The summed E-state index contributed by atoms with van der Waals surface area (Å²) >= 11 is 0. The van der Waals surface area contributed by atoms with Crippen molar-refractivity contribution in [1.82, 2.24) is 14.8 Å². The highest BCUT2D eigenvalue weighted by atomic mass is 32.2. The van der Waals surface area contributed by atoms with E-state index in [4.69, 9.17) is 5.11 Å². The standard InChI is InChI=1S/C25H26F4N6O4S/c1-15-19(16-12-31-35(14-16)23(26)27)13-30-21(34-9-4-7-25(28,29)8-10-34)20(15)22(36)32-17-5-3-6-18(11-17)40(2,39)33-24(37)38/h3,5-6,11-14,23H,4,7-10H2,1-2H3,(H,32,36)(H,37,38). The number of benzene rings is 1. The number of hydrogen-bond donors (Lipinski definition) is 2. The third kappa shape index (κ3) is 6.41. The molecule has 1 atom stereocenters. The van der Waals surface area contributed by atoms with Crippen LogP contribution in [-0.4, -0.2) is 61.3 Å². The van der Waals surface area contributed by atoms with Crippen molar-refractivity contribution in [1.29, 1.82) is 0 Å². The van der Waals surface area contributed by atoms with Gasteiger partial charge in [-0.15, -0.1) is 4.36 Å². The maximum atomic E-state index is 14.1. The molecule has 1 aliphatic rings. The predicted octanol–water partition coefficient (Wildman–Crippen LogP) is 5.66. The molecule has 40 heavy (non-hydrogen) atoms. The molecule has 3 heterocycles. The topological polar surface area (TPSA) is 130 Å². The molecule has 1 unspecified atom stereocenters. The Hall–Kier alpha value is -4.01. The average Bonchev–Trinajstić information content (AvgIpc) is 3.28. The number of hydrogen-bond acceptors (Lipinski definition) is 6. The van der Waals surface area contributed by atoms with E-state index in [1.165, 1.54) is 36.7 Å². The highest BCUT2D eigenvalue weighted by molar-refractivity contribution is 7.93. The molecule has 15 heteroatoms. The lowest BCUT2D eigenvalue weighted by atomic mass is 9.99. The fraction of sp³-hybridized carbons (Fsp3) is 0.360. The van der Waals surface area contributed by atoms with Crippen molar-refractivity contribution < 1.29 is 36.5 Å². The molecule has 0 saturated carbocycles. The molecule has 2 aromatic heterocycles. The number of alkyl halides is 4. The smallest absolute Gasteiger partial charge is 0.439 e. The van der Waals surface area contributed by atoms with Gasteiger partial charge in [-0.05, 0) is 37.1 Å². The third-order valence-electron chi connectivity index (χ3n) is 6.46. The summed E-state index contributed by atoms with van der Waals surface area (Å²) in [6.45, 7) is -1.14. The highest BCUT2D eigenvalue weighted by Crippen LogP contribution is 2.35. The molecule has 1 aromatic carbocycles. The SMILES string of the molecule is Cc1c(-c2cnn(C(F)F)c2)cnc(N2CCCC(F)(F)CC2)c1C(=O)Nc1cccc(S(C)(=O)=NC(=O)O)c1. The van der Waals surface area contributed by atoms with E-state index < -0.39 is 40.6 Å². The second kappa shape index (κ2) is 11.2. The van der Waals surface area contributed by atoms with Gasteiger partial charge in [0.05, 0.1) is 21.5 Å². The minimum atomic E-state index is -3.32. The Bertz CT molecular complexity index is 1570. The fourth-order valence-electron chi connectivity index (χ4n) is 4.46. The van der Waals surface area contributed by atoms with Gasteiger partial charge in [0.15, 0.2) is 0 Å². The van der Waals surface area contributed by atoms with Crippen LogP contribution < -0.4 is 10.2 Å². The molecule has 0 radical (unpaired) electrons. The van der Waals surface area contributed by atoms with Crippen molar-refractivity contribution in [3.8, 4) is 11.1 Å². The zero-order chi connectivity index (χ0) is 29.2. The molecule has 1 aliphatic heterocycles. The molecule has 3 aromatic rings. The molecule has 10 nitrogen and oxygen atoms in total. The van der Waals surface area contributed by atoms with Crippen LogP contribution in [0.5, 0.6) is 0 Å². The minimum Gasteiger partial charge on any atom is -0.463 e. The summed E-state index contributed by atoms with van der Waals surface area (Å²) < 4.78 is 70.9. The Kier molecular flexibility index (Phi) is 8.14. The van der Waals surface area contributed by atoms with Gasteiger partial charge >= 0.3 is 12.6 Å². The lowest BCUT2D eigenvalue weighted by molar-refractivity contribution is -0.0102. The van der Waals surface area contributed by atoms with Crippen molar-refractivity contribution in [2.24, 2.45) is 4.36 Å². The monoisotopic (exact) mass is 582 g/mol. The van der Waals surface area contributed by atoms with Crippen molar-refractivity contribution in [3.63, 3.8) is 0 Å². The van der Waals surface area contributed by atoms with E-state index in [1.807, 2.05) is 0 Å². The Morgan fingerprint density at radius 1 is 1.20 bits per heavy atom. The fourth-order valence-corrected chi connectivity index (χ4v) is 5.54. The van der Waals surface area contributed by atoms with Gasteiger partial charge in [0.2, 0.25) is 5.92 Å². The van der Waals surface area contributed by atoms with Crippen molar-refractivity contribution >= 4 is 33.2 Å². The summed E-state index contributed by atoms with van der Waals surface area (Å²) in [6.07, 6.45) is 2.66. The molecular weight excluding hydrogens is 556 g/mol. The normalized spacial score (nSPS) is 16.7. The molecule has 1 saturated heterocycles. The summed E-state index contributed by atoms with van der Waals surface area (Å²) in [5.74, 6) is -3.40. The summed E-state index contributed by atoms with van der Waals surface area (Å²) in [4.78, 5) is 30.7. The minimum absolute atomic E-state index is 0.0328. The van der Waals surface area contributed by atoms with Gasteiger partial charge in [0, 0.05) is 66.3 Å². The molecule has 0 aliphatic carbocycles. The molecule has 2 N–H and O–H groups in total.